The summed E-state index contributed by atoms with van der Waals surface area (Å²) in [6.45, 7) is 3.82. The maximum Gasteiger partial charge on any atom is 0.230 e. The molecule has 2 unspecified atom stereocenters. The van der Waals surface area contributed by atoms with E-state index in [0.717, 1.165) is 5.56 Å². The van der Waals surface area contributed by atoms with E-state index in [9.17, 15) is 9.18 Å². The van der Waals surface area contributed by atoms with Crippen LogP contribution in [0.15, 0.2) is 48.5 Å². The molecule has 2 aromatic carbocycles. The first-order valence-electron chi connectivity index (χ1n) is 7.38. The van der Waals surface area contributed by atoms with Crippen molar-refractivity contribution in [2.75, 3.05) is 5.75 Å². The van der Waals surface area contributed by atoms with Crippen LogP contribution < -0.4 is 5.32 Å². The molecule has 0 bridgehead atoms. The molecule has 1 amide bonds. The molecule has 0 radical (unpaired) electrons. The zero-order valence-corrected chi connectivity index (χ0v) is 14.6. The molecule has 0 spiro atoms. The van der Waals surface area contributed by atoms with Crippen LogP contribution in [0, 0.1) is 5.82 Å². The van der Waals surface area contributed by atoms with E-state index in [4.69, 9.17) is 11.6 Å². The summed E-state index contributed by atoms with van der Waals surface area (Å²) in [5, 5.41) is 3.53. The summed E-state index contributed by atoms with van der Waals surface area (Å²) < 4.78 is 13.7. The molecule has 0 saturated carbocycles. The Balaban J connectivity index is 1.85. The molecule has 2 aromatic rings. The maximum absolute atomic E-state index is 13.7. The second-order valence-electron chi connectivity index (χ2n) is 5.32. The standard InChI is InChI=1S/C18H19ClFNOS/c1-12(14-7-9-15(19)10-8-14)21-18(22)11-23-13(2)16-5-3-4-6-17(16)20/h3-10,12-13H,11H2,1-2H3,(H,21,22). The molecular formula is C18H19ClFNOS. The van der Waals surface area contributed by atoms with Gasteiger partial charge in [-0.05, 0) is 37.6 Å². The summed E-state index contributed by atoms with van der Waals surface area (Å²) in [4.78, 5) is 12.1. The van der Waals surface area contributed by atoms with Gasteiger partial charge in [-0.1, -0.05) is 41.9 Å². The van der Waals surface area contributed by atoms with Crippen LogP contribution in [0.2, 0.25) is 5.02 Å². The average Bonchev–Trinajstić information content (AvgIpc) is 2.53. The van der Waals surface area contributed by atoms with E-state index >= 15 is 0 Å². The quantitative estimate of drug-likeness (QED) is 0.779. The monoisotopic (exact) mass is 351 g/mol. The fraction of sp³-hybridized carbons (Fsp3) is 0.278. The van der Waals surface area contributed by atoms with Gasteiger partial charge in [0.2, 0.25) is 5.91 Å². The van der Waals surface area contributed by atoms with Gasteiger partial charge in [0.1, 0.15) is 5.82 Å². The van der Waals surface area contributed by atoms with E-state index < -0.39 is 0 Å². The number of thioether (sulfide) groups is 1. The highest BCUT2D eigenvalue weighted by molar-refractivity contribution is 8.00. The van der Waals surface area contributed by atoms with E-state index in [2.05, 4.69) is 5.32 Å². The minimum Gasteiger partial charge on any atom is -0.349 e. The zero-order chi connectivity index (χ0) is 16.8. The van der Waals surface area contributed by atoms with Crippen molar-refractivity contribution in [3.05, 3.63) is 70.5 Å². The van der Waals surface area contributed by atoms with Gasteiger partial charge in [0.15, 0.2) is 0 Å². The highest BCUT2D eigenvalue weighted by Gasteiger charge is 2.14. The van der Waals surface area contributed by atoms with Crippen LogP contribution in [-0.2, 0) is 4.79 Å². The highest BCUT2D eigenvalue weighted by atomic mass is 35.5. The van der Waals surface area contributed by atoms with Gasteiger partial charge in [-0.2, -0.15) is 0 Å². The minimum absolute atomic E-state index is 0.0689. The number of benzene rings is 2. The van der Waals surface area contributed by atoms with Crippen molar-refractivity contribution in [1.29, 1.82) is 0 Å². The van der Waals surface area contributed by atoms with Crippen LogP contribution in [0.1, 0.15) is 36.3 Å². The molecule has 2 rings (SSSR count). The van der Waals surface area contributed by atoms with Gasteiger partial charge in [0, 0.05) is 15.8 Å². The molecule has 0 aliphatic heterocycles. The fourth-order valence-electron chi connectivity index (χ4n) is 2.21. The van der Waals surface area contributed by atoms with Crippen LogP contribution in [-0.4, -0.2) is 11.7 Å². The predicted molar refractivity (Wildman–Crippen MR) is 95.3 cm³/mol. The molecule has 23 heavy (non-hydrogen) atoms. The normalized spacial score (nSPS) is 13.4. The number of amides is 1. The maximum atomic E-state index is 13.7. The molecule has 122 valence electrons. The lowest BCUT2D eigenvalue weighted by Gasteiger charge is -2.16. The molecule has 2 nitrogen and oxygen atoms in total. The van der Waals surface area contributed by atoms with Gasteiger partial charge in [0.05, 0.1) is 11.8 Å². The summed E-state index contributed by atoms with van der Waals surface area (Å²) in [6, 6.07) is 13.9. The topological polar surface area (TPSA) is 29.1 Å². The Morgan fingerprint density at radius 2 is 1.83 bits per heavy atom. The third-order valence-corrected chi connectivity index (χ3v) is 4.99. The molecule has 1 N–H and O–H groups in total. The lowest BCUT2D eigenvalue weighted by Crippen LogP contribution is -2.28. The van der Waals surface area contributed by atoms with Gasteiger partial charge in [-0.15, -0.1) is 11.8 Å². The van der Waals surface area contributed by atoms with Crippen molar-refractivity contribution >= 4 is 29.3 Å². The Morgan fingerprint density at radius 1 is 1.17 bits per heavy atom. The summed E-state index contributed by atoms with van der Waals surface area (Å²) in [6.07, 6.45) is 0. The van der Waals surface area contributed by atoms with Crippen molar-refractivity contribution in [3.8, 4) is 0 Å². The fourth-order valence-corrected chi connectivity index (χ4v) is 3.19. The smallest absolute Gasteiger partial charge is 0.230 e. The largest absolute Gasteiger partial charge is 0.349 e. The van der Waals surface area contributed by atoms with Gasteiger partial charge in [-0.25, -0.2) is 4.39 Å². The average molecular weight is 352 g/mol. The second kappa shape index (κ2) is 8.37. The van der Waals surface area contributed by atoms with Crippen LogP contribution in [0.25, 0.3) is 0 Å². The number of rotatable bonds is 6. The summed E-state index contributed by atoms with van der Waals surface area (Å²) in [5.74, 6) is -0.0176. The van der Waals surface area contributed by atoms with E-state index in [1.165, 1.54) is 17.8 Å². The Bertz CT molecular complexity index is 662. The van der Waals surface area contributed by atoms with E-state index in [-0.39, 0.29) is 28.8 Å². The van der Waals surface area contributed by atoms with Crippen molar-refractivity contribution in [1.82, 2.24) is 5.32 Å². The lowest BCUT2D eigenvalue weighted by molar-refractivity contribution is -0.119. The molecule has 0 aliphatic rings. The summed E-state index contributed by atoms with van der Waals surface area (Å²) in [5.41, 5.74) is 1.62. The van der Waals surface area contributed by atoms with Crippen molar-refractivity contribution in [2.45, 2.75) is 25.1 Å². The molecule has 0 aliphatic carbocycles. The van der Waals surface area contributed by atoms with Crippen LogP contribution in [0.3, 0.4) is 0 Å². The van der Waals surface area contributed by atoms with Crippen LogP contribution in [0.4, 0.5) is 4.39 Å². The SMILES string of the molecule is CC(NC(=O)CSC(C)c1ccccc1F)c1ccc(Cl)cc1. The van der Waals surface area contributed by atoms with Gasteiger partial charge in [0.25, 0.3) is 0 Å². The van der Waals surface area contributed by atoms with E-state index in [1.54, 1.807) is 30.3 Å². The summed E-state index contributed by atoms with van der Waals surface area (Å²) in [7, 11) is 0. The third-order valence-electron chi connectivity index (χ3n) is 3.56. The number of hydrogen-bond acceptors (Lipinski definition) is 2. The summed E-state index contributed by atoms with van der Waals surface area (Å²) >= 11 is 7.27. The van der Waals surface area contributed by atoms with E-state index in [1.807, 2.05) is 26.0 Å². The van der Waals surface area contributed by atoms with E-state index in [0.29, 0.717) is 10.6 Å². The third kappa shape index (κ3) is 5.26. The first-order chi connectivity index (χ1) is 11.0. The Kier molecular flexibility index (Phi) is 6.48. The zero-order valence-electron chi connectivity index (χ0n) is 13.1. The number of nitrogens with one attached hydrogen (secondary N) is 1. The van der Waals surface area contributed by atoms with Crippen molar-refractivity contribution < 1.29 is 9.18 Å². The number of carbonyl (C=O) groups is 1. The Labute approximate surface area is 145 Å². The second-order valence-corrected chi connectivity index (χ2v) is 7.08. The van der Waals surface area contributed by atoms with Gasteiger partial charge < -0.3 is 5.32 Å². The van der Waals surface area contributed by atoms with Crippen LogP contribution in [0.5, 0.6) is 0 Å². The van der Waals surface area contributed by atoms with Gasteiger partial charge in [-0.3, -0.25) is 4.79 Å². The number of hydrogen-bond donors (Lipinski definition) is 1. The molecule has 0 aromatic heterocycles. The molecular weight excluding hydrogens is 333 g/mol. The number of halogens is 2. The van der Waals surface area contributed by atoms with Crippen molar-refractivity contribution in [2.24, 2.45) is 0 Å². The van der Waals surface area contributed by atoms with Crippen LogP contribution >= 0.6 is 23.4 Å². The van der Waals surface area contributed by atoms with Gasteiger partial charge >= 0.3 is 0 Å². The minimum atomic E-state index is -0.234. The molecule has 2 atom stereocenters. The molecule has 0 fully saturated rings. The predicted octanol–water partition coefficient (Wildman–Crippen LogP) is 5.15. The Morgan fingerprint density at radius 3 is 2.48 bits per heavy atom. The Hall–Kier alpha value is -1.52. The lowest BCUT2D eigenvalue weighted by atomic mass is 10.1. The highest BCUT2D eigenvalue weighted by Crippen LogP contribution is 2.29. The first kappa shape index (κ1) is 17.8. The molecule has 0 saturated heterocycles. The van der Waals surface area contributed by atoms with Crippen molar-refractivity contribution in [3.63, 3.8) is 0 Å². The molecule has 5 heteroatoms. The molecule has 0 heterocycles. The number of carbonyl (C=O) groups excluding carboxylic acids is 1. The first-order valence-corrected chi connectivity index (χ1v) is 8.81.